The Balaban J connectivity index is 2.43. The van der Waals surface area contributed by atoms with Gasteiger partial charge in [-0.25, -0.2) is 4.39 Å². The average Bonchev–Trinajstić information content (AvgIpc) is 2.43. The van der Waals surface area contributed by atoms with Crippen molar-refractivity contribution in [2.45, 2.75) is 52.1 Å². The lowest BCUT2D eigenvalue weighted by Crippen LogP contribution is -2.43. The molecule has 2 unspecified atom stereocenters. The van der Waals surface area contributed by atoms with Crippen molar-refractivity contribution >= 4 is 5.91 Å². The fourth-order valence-electron chi connectivity index (χ4n) is 2.11. The molecule has 0 heterocycles. The molecule has 0 aliphatic rings. The molecule has 2 N–H and O–H groups in total. The SMILES string of the molecule is CCCCCNC(=O)C(C)NC(C)c1ccccc1F. The molecular formula is C16H25FN2O. The zero-order chi connectivity index (χ0) is 15.0. The van der Waals surface area contributed by atoms with E-state index in [1.165, 1.54) is 6.07 Å². The minimum absolute atomic E-state index is 0.0377. The number of unbranched alkanes of at least 4 members (excludes halogenated alkanes) is 2. The van der Waals surface area contributed by atoms with Gasteiger partial charge in [0.25, 0.3) is 0 Å². The maximum Gasteiger partial charge on any atom is 0.236 e. The van der Waals surface area contributed by atoms with Gasteiger partial charge in [0.1, 0.15) is 5.82 Å². The van der Waals surface area contributed by atoms with Gasteiger partial charge in [-0.05, 0) is 26.3 Å². The average molecular weight is 280 g/mol. The molecule has 1 rings (SSSR count). The second kappa shape index (κ2) is 8.69. The van der Waals surface area contributed by atoms with Crippen molar-refractivity contribution < 1.29 is 9.18 Å². The van der Waals surface area contributed by atoms with Gasteiger partial charge < -0.3 is 5.32 Å². The fourth-order valence-corrected chi connectivity index (χ4v) is 2.11. The Kier molecular flexibility index (Phi) is 7.23. The Morgan fingerprint density at radius 2 is 1.95 bits per heavy atom. The first-order valence-electron chi connectivity index (χ1n) is 7.34. The first-order chi connectivity index (χ1) is 9.56. The molecule has 0 fully saturated rings. The van der Waals surface area contributed by atoms with E-state index in [1.807, 2.05) is 6.92 Å². The van der Waals surface area contributed by atoms with Crippen LogP contribution in [0, 0.1) is 5.82 Å². The third-order valence-corrected chi connectivity index (χ3v) is 3.34. The van der Waals surface area contributed by atoms with E-state index in [-0.39, 0.29) is 23.8 Å². The minimum Gasteiger partial charge on any atom is -0.355 e. The standard InChI is InChI=1S/C16H25FN2O/c1-4-5-8-11-18-16(20)13(3)19-12(2)14-9-6-7-10-15(14)17/h6-7,9-10,12-13,19H,4-5,8,11H2,1-3H3,(H,18,20). The van der Waals surface area contributed by atoms with Crippen LogP contribution in [0.1, 0.15) is 51.6 Å². The number of carbonyl (C=O) groups excluding carboxylic acids is 1. The highest BCUT2D eigenvalue weighted by atomic mass is 19.1. The first kappa shape index (κ1) is 16.6. The van der Waals surface area contributed by atoms with Gasteiger partial charge in [0.15, 0.2) is 0 Å². The summed E-state index contributed by atoms with van der Waals surface area (Å²) in [7, 11) is 0. The third kappa shape index (κ3) is 5.29. The lowest BCUT2D eigenvalue weighted by Gasteiger charge is -2.20. The molecular weight excluding hydrogens is 255 g/mol. The van der Waals surface area contributed by atoms with Crippen molar-refractivity contribution in [3.05, 3.63) is 35.6 Å². The zero-order valence-corrected chi connectivity index (χ0v) is 12.6. The first-order valence-corrected chi connectivity index (χ1v) is 7.34. The molecule has 0 saturated heterocycles. The normalized spacial score (nSPS) is 13.8. The summed E-state index contributed by atoms with van der Waals surface area (Å²) in [4.78, 5) is 11.9. The van der Waals surface area contributed by atoms with Gasteiger partial charge in [-0.2, -0.15) is 0 Å². The molecule has 1 amide bonds. The van der Waals surface area contributed by atoms with Crippen molar-refractivity contribution in [1.29, 1.82) is 0 Å². The fraction of sp³-hybridized carbons (Fsp3) is 0.562. The molecule has 112 valence electrons. The molecule has 3 nitrogen and oxygen atoms in total. The molecule has 20 heavy (non-hydrogen) atoms. The molecule has 0 aliphatic carbocycles. The van der Waals surface area contributed by atoms with Gasteiger partial charge in [-0.3, -0.25) is 10.1 Å². The van der Waals surface area contributed by atoms with Gasteiger partial charge >= 0.3 is 0 Å². The Morgan fingerprint density at radius 1 is 1.25 bits per heavy atom. The van der Waals surface area contributed by atoms with Crippen LogP contribution in [0.25, 0.3) is 0 Å². The van der Waals surface area contributed by atoms with E-state index in [2.05, 4.69) is 17.6 Å². The molecule has 4 heteroatoms. The van der Waals surface area contributed by atoms with Gasteiger partial charge in [0.05, 0.1) is 6.04 Å². The minimum atomic E-state index is -0.341. The molecule has 2 atom stereocenters. The predicted octanol–water partition coefficient (Wildman–Crippen LogP) is 3.17. The van der Waals surface area contributed by atoms with Gasteiger partial charge in [0, 0.05) is 18.2 Å². The lowest BCUT2D eigenvalue weighted by atomic mass is 10.1. The Labute approximate surface area is 121 Å². The van der Waals surface area contributed by atoms with Crippen molar-refractivity contribution in [2.75, 3.05) is 6.54 Å². The summed E-state index contributed by atoms with van der Waals surface area (Å²) >= 11 is 0. The second-order valence-electron chi connectivity index (χ2n) is 5.13. The smallest absolute Gasteiger partial charge is 0.236 e. The summed E-state index contributed by atoms with van der Waals surface area (Å²) in [5.74, 6) is -0.285. The van der Waals surface area contributed by atoms with Crippen LogP contribution in [-0.4, -0.2) is 18.5 Å². The monoisotopic (exact) mass is 280 g/mol. The van der Waals surface area contributed by atoms with E-state index in [0.717, 1.165) is 19.3 Å². The number of halogens is 1. The Bertz CT molecular complexity index is 423. The van der Waals surface area contributed by atoms with Crippen molar-refractivity contribution in [2.24, 2.45) is 0 Å². The highest BCUT2D eigenvalue weighted by Gasteiger charge is 2.17. The van der Waals surface area contributed by atoms with Crippen LogP contribution in [0.2, 0.25) is 0 Å². The molecule has 1 aromatic rings. The largest absolute Gasteiger partial charge is 0.355 e. The maximum absolute atomic E-state index is 13.6. The van der Waals surface area contributed by atoms with Gasteiger partial charge in [-0.1, -0.05) is 38.0 Å². The number of nitrogens with one attached hydrogen (secondary N) is 2. The number of carbonyl (C=O) groups is 1. The van der Waals surface area contributed by atoms with Crippen molar-refractivity contribution in [3.8, 4) is 0 Å². The van der Waals surface area contributed by atoms with Crippen LogP contribution in [0.4, 0.5) is 4.39 Å². The maximum atomic E-state index is 13.6. The van der Waals surface area contributed by atoms with E-state index in [4.69, 9.17) is 0 Å². The molecule has 0 bridgehead atoms. The molecule has 0 spiro atoms. The number of rotatable bonds is 8. The van der Waals surface area contributed by atoms with E-state index in [9.17, 15) is 9.18 Å². The number of benzene rings is 1. The highest BCUT2D eigenvalue weighted by Crippen LogP contribution is 2.16. The van der Waals surface area contributed by atoms with E-state index >= 15 is 0 Å². The number of amides is 1. The number of hydrogen-bond acceptors (Lipinski definition) is 2. The van der Waals surface area contributed by atoms with Gasteiger partial charge in [0.2, 0.25) is 5.91 Å². The van der Waals surface area contributed by atoms with E-state index < -0.39 is 0 Å². The van der Waals surface area contributed by atoms with Crippen LogP contribution in [-0.2, 0) is 4.79 Å². The summed E-state index contributed by atoms with van der Waals surface area (Å²) in [5, 5.41) is 6.02. The van der Waals surface area contributed by atoms with Crippen LogP contribution in [0.3, 0.4) is 0 Å². The summed E-state index contributed by atoms with van der Waals surface area (Å²) in [6, 6.07) is 6.09. The van der Waals surface area contributed by atoms with Crippen molar-refractivity contribution in [3.63, 3.8) is 0 Å². The van der Waals surface area contributed by atoms with E-state index in [0.29, 0.717) is 12.1 Å². The Hall–Kier alpha value is -1.42. The van der Waals surface area contributed by atoms with E-state index in [1.54, 1.807) is 25.1 Å². The molecule has 0 saturated carbocycles. The second-order valence-corrected chi connectivity index (χ2v) is 5.13. The third-order valence-electron chi connectivity index (χ3n) is 3.34. The highest BCUT2D eigenvalue weighted by molar-refractivity contribution is 5.81. The number of hydrogen-bond donors (Lipinski definition) is 2. The van der Waals surface area contributed by atoms with Crippen LogP contribution in [0.5, 0.6) is 0 Å². The lowest BCUT2D eigenvalue weighted by molar-refractivity contribution is -0.122. The van der Waals surface area contributed by atoms with Crippen LogP contribution >= 0.6 is 0 Å². The van der Waals surface area contributed by atoms with Gasteiger partial charge in [-0.15, -0.1) is 0 Å². The summed E-state index contributed by atoms with van der Waals surface area (Å²) in [6.07, 6.45) is 3.25. The molecule has 0 aliphatic heterocycles. The topological polar surface area (TPSA) is 41.1 Å². The quantitative estimate of drug-likeness (QED) is 0.718. The van der Waals surface area contributed by atoms with Crippen LogP contribution in [0.15, 0.2) is 24.3 Å². The van der Waals surface area contributed by atoms with Crippen molar-refractivity contribution in [1.82, 2.24) is 10.6 Å². The summed E-state index contributed by atoms with van der Waals surface area (Å²) < 4.78 is 13.6. The van der Waals surface area contributed by atoms with Crippen LogP contribution < -0.4 is 10.6 Å². The molecule has 0 radical (unpaired) electrons. The molecule has 1 aromatic carbocycles. The summed E-state index contributed by atoms with van der Waals surface area (Å²) in [5.41, 5.74) is 0.582. The predicted molar refractivity (Wildman–Crippen MR) is 79.9 cm³/mol. The Morgan fingerprint density at radius 3 is 2.60 bits per heavy atom. The summed E-state index contributed by atoms with van der Waals surface area (Å²) in [6.45, 7) is 6.49. The molecule has 0 aromatic heterocycles. The zero-order valence-electron chi connectivity index (χ0n) is 12.6.